The molecule has 0 N–H and O–H groups in total. The largest absolute Gasteiger partial charge is 0.362 e. The quantitative estimate of drug-likeness (QED) is 0.722. The lowest BCUT2D eigenvalue weighted by Crippen LogP contribution is -1.99. The van der Waals surface area contributed by atoms with Gasteiger partial charge in [-0.1, -0.05) is 5.21 Å². The third-order valence-corrected chi connectivity index (χ3v) is 1.76. The van der Waals surface area contributed by atoms with Gasteiger partial charge in [-0.15, -0.1) is 5.10 Å². The van der Waals surface area contributed by atoms with Crippen LogP contribution >= 0.6 is 0 Å². The van der Waals surface area contributed by atoms with Crippen LogP contribution in [0.3, 0.4) is 0 Å². The molecule has 5 nitrogen and oxygen atoms in total. The van der Waals surface area contributed by atoms with E-state index in [2.05, 4.69) is 15.3 Å². The third kappa shape index (κ3) is 1.77. The van der Waals surface area contributed by atoms with Gasteiger partial charge in [0.05, 0.1) is 6.20 Å². The second kappa shape index (κ2) is 3.97. The Morgan fingerprint density at radius 3 is 3.14 bits per heavy atom. The van der Waals surface area contributed by atoms with Crippen molar-refractivity contribution in [2.45, 2.75) is 6.73 Å². The molecule has 72 valence electrons. The first kappa shape index (κ1) is 8.83. The van der Waals surface area contributed by atoms with E-state index in [1.54, 1.807) is 24.2 Å². The molecule has 0 atom stereocenters. The monoisotopic (exact) mass is 190 g/mol. The van der Waals surface area contributed by atoms with Crippen LogP contribution < -0.4 is 0 Å². The van der Waals surface area contributed by atoms with Gasteiger partial charge >= 0.3 is 0 Å². The maximum Gasteiger partial charge on any atom is 0.140 e. The molecule has 0 bridgehead atoms. The summed E-state index contributed by atoms with van der Waals surface area (Å²) in [4.78, 5) is 4.01. The highest BCUT2D eigenvalue weighted by atomic mass is 16.5. The number of rotatable bonds is 3. The fraction of sp³-hybridized carbons (Fsp3) is 0.222. The molecule has 14 heavy (non-hydrogen) atoms. The summed E-state index contributed by atoms with van der Waals surface area (Å²) < 4.78 is 6.55. The van der Waals surface area contributed by atoms with Gasteiger partial charge in [-0.05, 0) is 12.1 Å². The van der Waals surface area contributed by atoms with Crippen molar-refractivity contribution in [2.75, 3.05) is 7.11 Å². The lowest BCUT2D eigenvalue weighted by Gasteiger charge is -1.94. The Morgan fingerprint density at radius 1 is 1.50 bits per heavy atom. The number of hydrogen-bond donors (Lipinski definition) is 0. The first-order valence-electron chi connectivity index (χ1n) is 4.19. The number of hydrogen-bond acceptors (Lipinski definition) is 4. The molecular weight excluding hydrogens is 180 g/mol. The van der Waals surface area contributed by atoms with Crippen LogP contribution in [0.15, 0.2) is 30.7 Å². The van der Waals surface area contributed by atoms with E-state index >= 15 is 0 Å². The van der Waals surface area contributed by atoms with Gasteiger partial charge in [0, 0.05) is 25.1 Å². The van der Waals surface area contributed by atoms with Crippen LogP contribution in [0.4, 0.5) is 0 Å². The van der Waals surface area contributed by atoms with Gasteiger partial charge < -0.3 is 4.74 Å². The average Bonchev–Trinajstić information content (AvgIpc) is 2.68. The molecule has 2 aromatic rings. The predicted molar refractivity (Wildman–Crippen MR) is 50.3 cm³/mol. The van der Waals surface area contributed by atoms with E-state index in [1.165, 1.54) is 0 Å². The first-order valence-corrected chi connectivity index (χ1v) is 4.19. The van der Waals surface area contributed by atoms with E-state index in [1.807, 2.05) is 18.3 Å². The maximum absolute atomic E-state index is 4.92. The van der Waals surface area contributed by atoms with E-state index < -0.39 is 0 Å². The zero-order valence-electron chi connectivity index (χ0n) is 7.79. The zero-order chi connectivity index (χ0) is 9.80. The molecule has 2 heterocycles. The molecule has 0 aliphatic carbocycles. The molecule has 5 heteroatoms. The highest BCUT2D eigenvalue weighted by Crippen LogP contribution is 2.13. The summed E-state index contributed by atoms with van der Waals surface area (Å²) in [6, 6.07) is 3.80. The van der Waals surface area contributed by atoms with E-state index in [-0.39, 0.29) is 0 Å². The average molecular weight is 190 g/mol. The highest BCUT2D eigenvalue weighted by molar-refractivity contribution is 5.55. The molecule has 0 aromatic carbocycles. The van der Waals surface area contributed by atoms with Crippen molar-refractivity contribution in [3.8, 4) is 11.3 Å². The van der Waals surface area contributed by atoms with Gasteiger partial charge in [-0.3, -0.25) is 4.98 Å². The minimum atomic E-state index is 0.410. The molecule has 0 aliphatic heterocycles. The fourth-order valence-corrected chi connectivity index (χ4v) is 1.14. The van der Waals surface area contributed by atoms with Crippen molar-refractivity contribution in [3.63, 3.8) is 0 Å². The van der Waals surface area contributed by atoms with Gasteiger partial charge in [0.1, 0.15) is 12.4 Å². The summed E-state index contributed by atoms with van der Waals surface area (Å²) in [5, 5.41) is 7.89. The Hall–Kier alpha value is -1.75. The summed E-state index contributed by atoms with van der Waals surface area (Å²) in [7, 11) is 1.62. The molecule has 2 rings (SSSR count). The van der Waals surface area contributed by atoms with Crippen LogP contribution in [-0.4, -0.2) is 27.1 Å². The Morgan fingerprint density at radius 2 is 2.43 bits per heavy atom. The Kier molecular flexibility index (Phi) is 2.51. The maximum atomic E-state index is 4.92. The first-order chi connectivity index (χ1) is 6.90. The molecule has 0 fully saturated rings. The Bertz CT molecular complexity index is 398. The van der Waals surface area contributed by atoms with Gasteiger partial charge in [0.15, 0.2) is 0 Å². The molecule has 0 amide bonds. The normalized spacial score (nSPS) is 10.4. The fourth-order valence-electron chi connectivity index (χ4n) is 1.14. The summed E-state index contributed by atoms with van der Waals surface area (Å²) in [6.07, 6.45) is 5.30. The summed E-state index contributed by atoms with van der Waals surface area (Å²) in [5.74, 6) is 0. The number of aromatic nitrogens is 4. The molecule has 0 aliphatic rings. The minimum Gasteiger partial charge on any atom is -0.362 e. The molecule has 0 saturated heterocycles. The zero-order valence-corrected chi connectivity index (χ0v) is 7.79. The summed E-state index contributed by atoms with van der Waals surface area (Å²) in [5.41, 5.74) is 1.75. The van der Waals surface area contributed by atoms with Gasteiger partial charge in [0.25, 0.3) is 0 Å². The van der Waals surface area contributed by atoms with E-state index in [0.29, 0.717) is 6.73 Å². The lowest BCUT2D eigenvalue weighted by atomic mass is 10.2. The summed E-state index contributed by atoms with van der Waals surface area (Å²) in [6.45, 7) is 0.410. The number of nitrogens with zero attached hydrogens (tertiary/aromatic N) is 4. The van der Waals surface area contributed by atoms with Crippen molar-refractivity contribution in [2.24, 2.45) is 0 Å². The van der Waals surface area contributed by atoms with Crippen molar-refractivity contribution >= 4 is 0 Å². The van der Waals surface area contributed by atoms with Crippen molar-refractivity contribution in [1.82, 2.24) is 20.0 Å². The number of methoxy groups -OCH3 is 1. The third-order valence-electron chi connectivity index (χ3n) is 1.76. The molecule has 0 saturated carbocycles. The van der Waals surface area contributed by atoms with Crippen molar-refractivity contribution in [3.05, 3.63) is 30.7 Å². The lowest BCUT2D eigenvalue weighted by molar-refractivity contribution is 0.119. The van der Waals surface area contributed by atoms with E-state index in [9.17, 15) is 0 Å². The predicted octanol–water partition coefficient (Wildman–Crippen LogP) is 0.944. The van der Waals surface area contributed by atoms with Crippen LogP contribution in [0.1, 0.15) is 0 Å². The van der Waals surface area contributed by atoms with Crippen LogP contribution in [0.25, 0.3) is 11.3 Å². The highest BCUT2D eigenvalue weighted by Gasteiger charge is 2.02. The van der Waals surface area contributed by atoms with Crippen LogP contribution in [0.2, 0.25) is 0 Å². The number of ether oxygens (including phenoxy) is 1. The molecule has 0 unspecified atom stereocenters. The molecule has 0 radical (unpaired) electrons. The van der Waals surface area contributed by atoms with Crippen molar-refractivity contribution in [1.29, 1.82) is 0 Å². The smallest absolute Gasteiger partial charge is 0.140 e. The van der Waals surface area contributed by atoms with Crippen molar-refractivity contribution < 1.29 is 4.74 Å². The minimum absolute atomic E-state index is 0.410. The molecular formula is C9H10N4O. The number of pyridine rings is 1. The van der Waals surface area contributed by atoms with E-state index in [0.717, 1.165) is 11.3 Å². The van der Waals surface area contributed by atoms with Gasteiger partial charge in [-0.2, -0.15) is 0 Å². The molecule has 0 spiro atoms. The topological polar surface area (TPSA) is 52.8 Å². The second-order valence-corrected chi connectivity index (χ2v) is 2.80. The van der Waals surface area contributed by atoms with Crippen LogP contribution in [0.5, 0.6) is 0 Å². The van der Waals surface area contributed by atoms with Crippen LogP contribution in [0, 0.1) is 0 Å². The second-order valence-electron chi connectivity index (χ2n) is 2.80. The van der Waals surface area contributed by atoms with Gasteiger partial charge in [-0.25, -0.2) is 4.68 Å². The Balaban J connectivity index is 2.25. The van der Waals surface area contributed by atoms with Gasteiger partial charge in [0.2, 0.25) is 0 Å². The standard InChI is InChI=1S/C9H10N4O/c1-14-7-13-6-9(11-12-13)8-3-2-4-10-5-8/h2-6H,7H2,1H3. The summed E-state index contributed by atoms with van der Waals surface area (Å²) >= 11 is 0. The Labute approximate surface area is 81.3 Å². The van der Waals surface area contributed by atoms with E-state index in [4.69, 9.17) is 4.74 Å². The molecule has 2 aromatic heterocycles. The van der Waals surface area contributed by atoms with Crippen LogP contribution in [-0.2, 0) is 11.5 Å². The SMILES string of the molecule is COCn1cc(-c2cccnc2)nn1.